The second-order valence-electron chi connectivity index (χ2n) is 8.49. The van der Waals surface area contributed by atoms with Gasteiger partial charge in [-0.15, -0.1) is 0 Å². The number of hydrogen-bond donors (Lipinski definition) is 0. The highest BCUT2D eigenvalue weighted by Crippen LogP contribution is 2.16. The summed E-state index contributed by atoms with van der Waals surface area (Å²) in [5.41, 5.74) is 0. The van der Waals surface area contributed by atoms with Gasteiger partial charge < -0.3 is 4.74 Å². The van der Waals surface area contributed by atoms with Gasteiger partial charge in [-0.3, -0.25) is 4.79 Å². The molecular formula is C24H48O2. The summed E-state index contributed by atoms with van der Waals surface area (Å²) in [4.78, 5) is 12.0. The number of esters is 1. The van der Waals surface area contributed by atoms with Crippen molar-refractivity contribution in [2.24, 2.45) is 11.8 Å². The van der Waals surface area contributed by atoms with Crippen LogP contribution in [0, 0.1) is 11.8 Å². The highest BCUT2D eigenvalue weighted by atomic mass is 16.5. The minimum Gasteiger partial charge on any atom is -0.465 e. The minimum absolute atomic E-state index is 0.0364. The molecule has 2 nitrogen and oxygen atoms in total. The molecule has 26 heavy (non-hydrogen) atoms. The summed E-state index contributed by atoms with van der Waals surface area (Å²) in [7, 11) is 0. The number of unbranched alkanes of at least 4 members (excludes halogenated alkanes) is 11. The van der Waals surface area contributed by atoms with E-state index in [1.165, 1.54) is 70.6 Å². The average molecular weight is 369 g/mol. The van der Waals surface area contributed by atoms with Crippen LogP contribution in [0.2, 0.25) is 0 Å². The molecule has 0 aromatic heterocycles. The third-order valence-corrected chi connectivity index (χ3v) is 5.40. The molecule has 0 spiro atoms. The fraction of sp³-hybridized carbons (Fsp3) is 0.958. The standard InChI is InChI=1S/C24H48O2/c1-5-7-20-23(6-2)24(25)26-21-18-16-14-12-10-8-9-11-13-15-17-19-22(3)4/h22-23H,5-21H2,1-4H3. The van der Waals surface area contributed by atoms with Gasteiger partial charge in [-0.05, 0) is 25.2 Å². The topological polar surface area (TPSA) is 26.3 Å². The maximum Gasteiger partial charge on any atom is 0.308 e. The van der Waals surface area contributed by atoms with E-state index < -0.39 is 0 Å². The Balaban J connectivity index is 3.29. The molecule has 0 saturated heterocycles. The SMILES string of the molecule is CCCCC(CC)C(=O)OCCCCCCCCCCCCCC(C)C. The number of carbonyl (C=O) groups excluding carboxylic acids is 1. The zero-order valence-electron chi connectivity index (χ0n) is 18.5. The summed E-state index contributed by atoms with van der Waals surface area (Å²) < 4.78 is 5.46. The van der Waals surface area contributed by atoms with Crippen LogP contribution in [0.15, 0.2) is 0 Å². The van der Waals surface area contributed by atoms with Gasteiger partial charge in [0, 0.05) is 0 Å². The molecule has 0 aliphatic rings. The Kier molecular flexibility index (Phi) is 18.8. The number of rotatable bonds is 19. The van der Waals surface area contributed by atoms with Gasteiger partial charge in [-0.1, -0.05) is 111 Å². The molecule has 0 aliphatic carbocycles. The molecule has 0 heterocycles. The lowest BCUT2D eigenvalue weighted by molar-refractivity contribution is -0.149. The van der Waals surface area contributed by atoms with Crippen molar-refractivity contribution in [1.29, 1.82) is 0 Å². The van der Waals surface area contributed by atoms with E-state index in [1.807, 2.05) is 0 Å². The van der Waals surface area contributed by atoms with Gasteiger partial charge in [0.1, 0.15) is 0 Å². The molecule has 0 rings (SSSR count). The van der Waals surface area contributed by atoms with Crippen LogP contribution >= 0.6 is 0 Å². The van der Waals surface area contributed by atoms with Crippen molar-refractivity contribution in [3.63, 3.8) is 0 Å². The second kappa shape index (κ2) is 19.2. The molecule has 0 amide bonds. The van der Waals surface area contributed by atoms with Crippen LogP contribution in [-0.4, -0.2) is 12.6 Å². The van der Waals surface area contributed by atoms with Crippen LogP contribution in [0.3, 0.4) is 0 Å². The summed E-state index contributed by atoms with van der Waals surface area (Å²) >= 11 is 0. The molecule has 2 heteroatoms. The van der Waals surface area contributed by atoms with E-state index in [4.69, 9.17) is 4.74 Å². The quantitative estimate of drug-likeness (QED) is 0.170. The van der Waals surface area contributed by atoms with E-state index in [2.05, 4.69) is 27.7 Å². The Bertz CT molecular complexity index is 299. The lowest BCUT2D eigenvalue weighted by Crippen LogP contribution is -2.17. The predicted octanol–water partition coefficient (Wildman–Crippen LogP) is 8.08. The Morgan fingerprint density at radius 3 is 1.65 bits per heavy atom. The Morgan fingerprint density at radius 1 is 0.692 bits per heavy atom. The van der Waals surface area contributed by atoms with Crippen LogP contribution in [0.4, 0.5) is 0 Å². The van der Waals surface area contributed by atoms with Gasteiger partial charge in [-0.2, -0.15) is 0 Å². The first-order valence-corrected chi connectivity index (χ1v) is 11.8. The fourth-order valence-corrected chi connectivity index (χ4v) is 3.48. The van der Waals surface area contributed by atoms with Gasteiger partial charge in [0.25, 0.3) is 0 Å². The highest BCUT2D eigenvalue weighted by Gasteiger charge is 2.16. The van der Waals surface area contributed by atoms with Crippen molar-refractivity contribution >= 4 is 5.97 Å². The molecule has 0 aromatic carbocycles. The van der Waals surface area contributed by atoms with Crippen molar-refractivity contribution in [3.8, 4) is 0 Å². The van der Waals surface area contributed by atoms with Gasteiger partial charge in [0.15, 0.2) is 0 Å². The molecule has 0 aromatic rings. The molecule has 1 unspecified atom stereocenters. The number of ether oxygens (including phenoxy) is 1. The first-order valence-electron chi connectivity index (χ1n) is 11.8. The van der Waals surface area contributed by atoms with Crippen LogP contribution < -0.4 is 0 Å². The molecule has 156 valence electrons. The Hall–Kier alpha value is -0.530. The monoisotopic (exact) mass is 368 g/mol. The lowest BCUT2D eigenvalue weighted by atomic mass is 10.00. The largest absolute Gasteiger partial charge is 0.465 e. The van der Waals surface area contributed by atoms with Crippen molar-refractivity contribution in [1.82, 2.24) is 0 Å². The summed E-state index contributed by atoms with van der Waals surface area (Å²) in [6.45, 7) is 9.52. The predicted molar refractivity (Wildman–Crippen MR) is 115 cm³/mol. The maximum absolute atomic E-state index is 12.0. The average Bonchev–Trinajstić information content (AvgIpc) is 2.62. The minimum atomic E-state index is 0.0364. The Morgan fingerprint density at radius 2 is 1.19 bits per heavy atom. The highest BCUT2D eigenvalue weighted by molar-refractivity contribution is 5.72. The van der Waals surface area contributed by atoms with Gasteiger partial charge in [0.2, 0.25) is 0 Å². The van der Waals surface area contributed by atoms with E-state index in [-0.39, 0.29) is 11.9 Å². The van der Waals surface area contributed by atoms with Crippen LogP contribution in [-0.2, 0) is 9.53 Å². The summed E-state index contributed by atoms with van der Waals surface area (Å²) in [6.07, 6.45) is 20.3. The fourth-order valence-electron chi connectivity index (χ4n) is 3.48. The second-order valence-corrected chi connectivity index (χ2v) is 8.49. The van der Waals surface area contributed by atoms with Crippen LogP contribution in [0.5, 0.6) is 0 Å². The molecule has 0 radical (unpaired) electrons. The van der Waals surface area contributed by atoms with Crippen molar-refractivity contribution in [2.75, 3.05) is 6.61 Å². The van der Waals surface area contributed by atoms with Crippen LogP contribution in [0.25, 0.3) is 0 Å². The molecule has 0 saturated carbocycles. The normalized spacial score (nSPS) is 12.5. The van der Waals surface area contributed by atoms with E-state index in [0.717, 1.165) is 38.0 Å². The molecular weight excluding hydrogens is 320 g/mol. The first kappa shape index (κ1) is 25.5. The maximum atomic E-state index is 12.0. The third-order valence-electron chi connectivity index (χ3n) is 5.40. The molecule has 0 aliphatic heterocycles. The van der Waals surface area contributed by atoms with Gasteiger partial charge >= 0.3 is 5.97 Å². The van der Waals surface area contributed by atoms with E-state index >= 15 is 0 Å². The molecule has 0 bridgehead atoms. The molecule has 0 fully saturated rings. The zero-order chi connectivity index (χ0) is 19.5. The lowest BCUT2D eigenvalue weighted by Gasteiger charge is -2.13. The van der Waals surface area contributed by atoms with E-state index in [0.29, 0.717) is 6.61 Å². The third kappa shape index (κ3) is 16.9. The Labute approximate surface area is 164 Å². The summed E-state index contributed by atoms with van der Waals surface area (Å²) in [5.74, 6) is 1.03. The van der Waals surface area contributed by atoms with Gasteiger partial charge in [0.05, 0.1) is 12.5 Å². The van der Waals surface area contributed by atoms with Crippen molar-refractivity contribution in [3.05, 3.63) is 0 Å². The smallest absolute Gasteiger partial charge is 0.308 e. The van der Waals surface area contributed by atoms with E-state index in [9.17, 15) is 4.79 Å². The number of carbonyl (C=O) groups is 1. The number of hydrogen-bond acceptors (Lipinski definition) is 2. The zero-order valence-corrected chi connectivity index (χ0v) is 18.5. The van der Waals surface area contributed by atoms with Crippen LogP contribution in [0.1, 0.15) is 130 Å². The van der Waals surface area contributed by atoms with Crippen molar-refractivity contribution in [2.45, 2.75) is 130 Å². The summed E-state index contributed by atoms with van der Waals surface area (Å²) in [6, 6.07) is 0. The van der Waals surface area contributed by atoms with Gasteiger partial charge in [-0.25, -0.2) is 0 Å². The first-order chi connectivity index (χ1) is 12.6. The van der Waals surface area contributed by atoms with Crippen molar-refractivity contribution < 1.29 is 9.53 Å². The summed E-state index contributed by atoms with van der Waals surface area (Å²) in [5, 5.41) is 0. The molecule has 0 N–H and O–H groups in total. The van der Waals surface area contributed by atoms with E-state index in [1.54, 1.807) is 0 Å². The molecule has 1 atom stereocenters.